The van der Waals surface area contributed by atoms with Gasteiger partial charge in [0.2, 0.25) is 0 Å². The summed E-state index contributed by atoms with van der Waals surface area (Å²) in [5, 5.41) is 1.18. The Morgan fingerprint density at radius 1 is 1.21 bits per heavy atom. The summed E-state index contributed by atoms with van der Waals surface area (Å²) in [6.45, 7) is 5.17. The molecule has 0 bridgehead atoms. The third kappa shape index (κ3) is 3.29. The molecule has 1 saturated heterocycles. The summed E-state index contributed by atoms with van der Waals surface area (Å²) in [5.74, 6) is 0.967. The summed E-state index contributed by atoms with van der Waals surface area (Å²) in [5.41, 5.74) is 3.40. The van der Waals surface area contributed by atoms with E-state index in [2.05, 4.69) is 28.1 Å². The summed E-state index contributed by atoms with van der Waals surface area (Å²) in [7, 11) is 0. The molecule has 24 heavy (non-hydrogen) atoms. The van der Waals surface area contributed by atoms with Crippen molar-refractivity contribution in [2.75, 3.05) is 13.1 Å². The normalized spacial score (nSPS) is 16.5. The second-order valence-electron chi connectivity index (χ2n) is 6.53. The number of fused-ring (bicyclic) bond motifs is 1. The Morgan fingerprint density at radius 2 is 2.08 bits per heavy atom. The predicted molar refractivity (Wildman–Crippen MR) is 94.1 cm³/mol. The number of aryl methyl sites for hydroxylation is 1. The first-order chi connectivity index (χ1) is 11.8. The number of piperidine rings is 1. The standard InChI is InChI=1S/C20H22N2O2/c1-15-13-21-8-4-19(15)24-18-5-9-22(10-6-18)14-16-2-3-20-17(12-16)7-11-23-20/h2-4,7-8,11-13,18H,5-6,9-10,14H2,1H3. The van der Waals surface area contributed by atoms with Gasteiger partial charge in [0, 0.05) is 43.0 Å². The lowest BCUT2D eigenvalue weighted by molar-refractivity contribution is 0.0962. The van der Waals surface area contributed by atoms with Gasteiger partial charge in [-0.25, -0.2) is 0 Å². The van der Waals surface area contributed by atoms with Crippen molar-refractivity contribution in [1.29, 1.82) is 0 Å². The van der Waals surface area contributed by atoms with E-state index in [4.69, 9.17) is 9.15 Å². The highest BCUT2D eigenvalue weighted by Crippen LogP contribution is 2.23. The molecule has 0 N–H and O–H groups in total. The van der Waals surface area contributed by atoms with Gasteiger partial charge in [-0.3, -0.25) is 9.88 Å². The lowest BCUT2D eigenvalue weighted by Crippen LogP contribution is -2.37. The molecule has 1 aliphatic rings. The average molecular weight is 322 g/mol. The molecular weight excluding hydrogens is 300 g/mol. The maximum absolute atomic E-state index is 6.15. The second kappa shape index (κ2) is 6.65. The molecule has 4 nitrogen and oxygen atoms in total. The third-order valence-electron chi connectivity index (χ3n) is 4.72. The Morgan fingerprint density at radius 3 is 2.92 bits per heavy atom. The lowest BCUT2D eigenvalue weighted by Gasteiger charge is -2.32. The van der Waals surface area contributed by atoms with Gasteiger partial charge in [-0.2, -0.15) is 0 Å². The van der Waals surface area contributed by atoms with Gasteiger partial charge in [-0.15, -0.1) is 0 Å². The number of aromatic nitrogens is 1. The molecule has 1 fully saturated rings. The SMILES string of the molecule is Cc1cnccc1OC1CCN(Cc2ccc3occc3c2)CC1. The van der Waals surface area contributed by atoms with E-state index in [1.165, 1.54) is 10.9 Å². The van der Waals surface area contributed by atoms with Gasteiger partial charge in [0.15, 0.2) is 0 Å². The summed E-state index contributed by atoms with van der Waals surface area (Å²) in [4.78, 5) is 6.62. The fourth-order valence-electron chi connectivity index (χ4n) is 3.33. The van der Waals surface area contributed by atoms with Crippen LogP contribution in [0.4, 0.5) is 0 Å². The van der Waals surface area contributed by atoms with Crippen LogP contribution in [-0.4, -0.2) is 29.1 Å². The van der Waals surface area contributed by atoms with Crippen LogP contribution < -0.4 is 4.74 Å². The first kappa shape index (κ1) is 15.2. The second-order valence-corrected chi connectivity index (χ2v) is 6.53. The minimum absolute atomic E-state index is 0.304. The van der Waals surface area contributed by atoms with Crippen molar-refractivity contribution >= 4 is 11.0 Å². The first-order valence-corrected chi connectivity index (χ1v) is 8.54. The fraction of sp³-hybridized carbons (Fsp3) is 0.350. The van der Waals surface area contributed by atoms with E-state index in [0.717, 1.165) is 49.4 Å². The zero-order valence-electron chi connectivity index (χ0n) is 13.9. The maximum atomic E-state index is 6.15. The summed E-state index contributed by atoms with van der Waals surface area (Å²) in [6.07, 6.45) is 7.84. The Hall–Kier alpha value is -2.33. The molecule has 0 radical (unpaired) electrons. The molecule has 0 aliphatic carbocycles. The molecule has 4 rings (SSSR count). The topological polar surface area (TPSA) is 38.5 Å². The maximum Gasteiger partial charge on any atom is 0.133 e. The predicted octanol–water partition coefficient (Wildman–Crippen LogP) is 4.18. The Balaban J connectivity index is 1.33. The number of furan rings is 1. The van der Waals surface area contributed by atoms with Crippen molar-refractivity contribution in [3.05, 3.63) is 60.1 Å². The molecule has 1 aromatic carbocycles. The summed E-state index contributed by atoms with van der Waals surface area (Å²) >= 11 is 0. The Bertz CT molecular complexity index is 819. The van der Waals surface area contributed by atoms with E-state index >= 15 is 0 Å². The molecule has 3 aromatic rings. The van der Waals surface area contributed by atoms with Gasteiger partial charge in [0.1, 0.15) is 17.4 Å². The molecule has 4 heteroatoms. The number of pyridine rings is 1. The number of benzene rings is 1. The van der Waals surface area contributed by atoms with Crippen molar-refractivity contribution in [2.45, 2.75) is 32.4 Å². The fourth-order valence-corrected chi connectivity index (χ4v) is 3.33. The van der Waals surface area contributed by atoms with Gasteiger partial charge in [0.05, 0.1) is 6.26 Å². The minimum Gasteiger partial charge on any atom is -0.490 e. The number of ether oxygens (including phenoxy) is 1. The lowest BCUT2D eigenvalue weighted by atomic mass is 10.1. The highest BCUT2D eigenvalue weighted by atomic mass is 16.5. The van der Waals surface area contributed by atoms with Crippen LogP contribution in [0, 0.1) is 6.92 Å². The van der Waals surface area contributed by atoms with Gasteiger partial charge in [0.25, 0.3) is 0 Å². The molecule has 0 atom stereocenters. The van der Waals surface area contributed by atoms with Crippen molar-refractivity contribution < 1.29 is 9.15 Å². The third-order valence-corrected chi connectivity index (χ3v) is 4.72. The van der Waals surface area contributed by atoms with Crippen LogP contribution in [-0.2, 0) is 6.54 Å². The zero-order chi connectivity index (χ0) is 16.4. The zero-order valence-corrected chi connectivity index (χ0v) is 13.9. The number of hydrogen-bond donors (Lipinski definition) is 0. The van der Waals surface area contributed by atoms with Crippen LogP contribution in [0.25, 0.3) is 11.0 Å². The monoisotopic (exact) mass is 322 g/mol. The van der Waals surface area contributed by atoms with Crippen LogP contribution in [0.3, 0.4) is 0 Å². The van der Waals surface area contributed by atoms with E-state index in [1.807, 2.05) is 25.3 Å². The smallest absolute Gasteiger partial charge is 0.133 e. The molecule has 2 aromatic heterocycles. The van der Waals surface area contributed by atoms with Crippen LogP contribution >= 0.6 is 0 Å². The molecule has 0 saturated carbocycles. The van der Waals surface area contributed by atoms with Crippen molar-refractivity contribution in [1.82, 2.24) is 9.88 Å². The van der Waals surface area contributed by atoms with Crippen LogP contribution in [0.2, 0.25) is 0 Å². The van der Waals surface area contributed by atoms with E-state index in [9.17, 15) is 0 Å². The van der Waals surface area contributed by atoms with Crippen molar-refractivity contribution in [2.24, 2.45) is 0 Å². The van der Waals surface area contributed by atoms with Crippen molar-refractivity contribution in [3.63, 3.8) is 0 Å². The van der Waals surface area contributed by atoms with Crippen LogP contribution in [0.15, 0.2) is 53.4 Å². The Kier molecular flexibility index (Phi) is 4.22. The van der Waals surface area contributed by atoms with E-state index in [-0.39, 0.29) is 0 Å². The van der Waals surface area contributed by atoms with Crippen LogP contribution in [0.5, 0.6) is 5.75 Å². The van der Waals surface area contributed by atoms with E-state index in [1.54, 1.807) is 12.5 Å². The Labute approximate surface area is 142 Å². The first-order valence-electron chi connectivity index (χ1n) is 8.54. The van der Waals surface area contributed by atoms with Gasteiger partial charge >= 0.3 is 0 Å². The largest absolute Gasteiger partial charge is 0.490 e. The average Bonchev–Trinajstić information content (AvgIpc) is 3.06. The summed E-state index contributed by atoms with van der Waals surface area (Å²) in [6, 6.07) is 10.4. The molecular formula is C20H22N2O2. The van der Waals surface area contributed by atoms with Gasteiger partial charge in [-0.1, -0.05) is 6.07 Å². The number of likely N-dealkylation sites (tertiary alicyclic amines) is 1. The number of rotatable bonds is 4. The van der Waals surface area contributed by atoms with E-state index in [0.29, 0.717) is 6.10 Å². The highest BCUT2D eigenvalue weighted by Gasteiger charge is 2.21. The van der Waals surface area contributed by atoms with Crippen LogP contribution in [0.1, 0.15) is 24.0 Å². The minimum atomic E-state index is 0.304. The van der Waals surface area contributed by atoms with Crippen molar-refractivity contribution in [3.8, 4) is 5.75 Å². The molecule has 3 heterocycles. The van der Waals surface area contributed by atoms with Gasteiger partial charge in [-0.05, 0) is 49.6 Å². The summed E-state index contributed by atoms with van der Waals surface area (Å²) < 4.78 is 11.6. The molecule has 0 spiro atoms. The highest BCUT2D eigenvalue weighted by molar-refractivity contribution is 5.77. The molecule has 0 amide bonds. The number of nitrogens with zero attached hydrogens (tertiary/aromatic N) is 2. The quantitative estimate of drug-likeness (QED) is 0.722. The molecule has 124 valence electrons. The number of hydrogen-bond acceptors (Lipinski definition) is 4. The van der Waals surface area contributed by atoms with E-state index < -0.39 is 0 Å². The molecule has 1 aliphatic heterocycles. The molecule has 0 unspecified atom stereocenters. The van der Waals surface area contributed by atoms with Gasteiger partial charge < -0.3 is 9.15 Å².